The van der Waals surface area contributed by atoms with Gasteiger partial charge in [0, 0.05) is 44.7 Å². The maximum absolute atomic E-state index is 14.6. The van der Waals surface area contributed by atoms with Gasteiger partial charge in [-0.3, -0.25) is 9.35 Å². The summed E-state index contributed by atoms with van der Waals surface area (Å²) in [4.78, 5) is 8.28. The van der Waals surface area contributed by atoms with Gasteiger partial charge in [0.25, 0.3) is 0 Å². The fraction of sp³-hybridized carbons (Fsp3) is 0.227. The molecule has 4 rings (SSSR count). The molecule has 168 valence electrons. The summed E-state index contributed by atoms with van der Waals surface area (Å²) in [5.41, 5.74) is 1.43. The van der Waals surface area contributed by atoms with Gasteiger partial charge in [-0.05, 0) is 42.7 Å². The smallest absolute Gasteiger partial charge is 0.227 e. The van der Waals surface area contributed by atoms with Crippen molar-refractivity contribution in [1.82, 2.24) is 9.97 Å². The predicted molar refractivity (Wildman–Crippen MR) is 121 cm³/mol. The minimum Gasteiger partial charge on any atom is -0.493 e. The van der Waals surface area contributed by atoms with Gasteiger partial charge in [0.1, 0.15) is 23.0 Å². The lowest BCUT2D eigenvalue weighted by Gasteiger charge is -2.13. The van der Waals surface area contributed by atoms with Gasteiger partial charge in [0.05, 0.1) is 19.4 Å². The monoisotopic (exact) mass is 460 g/mol. The van der Waals surface area contributed by atoms with Gasteiger partial charge in [0.15, 0.2) is 5.82 Å². The quantitative estimate of drug-likeness (QED) is 0.538. The van der Waals surface area contributed by atoms with E-state index in [4.69, 9.17) is 14.6 Å². The number of rotatable bonds is 1. The number of fused-ring (bicyclic) bond motifs is 6. The normalized spacial score (nSPS) is 15.5. The van der Waals surface area contributed by atoms with Gasteiger partial charge in [-0.2, -0.15) is 0 Å². The van der Waals surface area contributed by atoms with Gasteiger partial charge in [-0.1, -0.05) is 0 Å². The zero-order valence-electron chi connectivity index (χ0n) is 17.3. The summed E-state index contributed by atoms with van der Waals surface area (Å²) in [6.07, 6.45) is 3.77. The minimum atomic E-state index is -2.64. The molecule has 2 aromatic carbocycles. The van der Waals surface area contributed by atoms with E-state index in [2.05, 4.69) is 15.3 Å². The van der Waals surface area contributed by atoms with Crippen molar-refractivity contribution in [1.29, 1.82) is 0 Å². The Morgan fingerprint density at radius 1 is 1.12 bits per heavy atom. The van der Waals surface area contributed by atoms with E-state index in [1.165, 1.54) is 29.8 Å². The lowest BCUT2D eigenvalue weighted by atomic mass is 10.1. The highest BCUT2D eigenvalue weighted by molar-refractivity contribution is 7.98. The molecule has 10 heteroatoms. The summed E-state index contributed by atoms with van der Waals surface area (Å²) in [5, 5.41) is 10.1. The SMILES string of the molecule is CS(N)(=O)=Cc1cc2cc(c1)OCCCCOc1cc(F)ccc1-c1nc(ncc1F)N2. The minimum absolute atomic E-state index is 0.0231. The van der Waals surface area contributed by atoms with E-state index >= 15 is 0 Å². The van der Waals surface area contributed by atoms with Gasteiger partial charge in [-0.15, -0.1) is 0 Å². The Morgan fingerprint density at radius 2 is 1.91 bits per heavy atom. The molecule has 32 heavy (non-hydrogen) atoms. The van der Waals surface area contributed by atoms with Crippen LogP contribution in [-0.4, -0.2) is 39.0 Å². The van der Waals surface area contributed by atoms with E-state index in [1.54, 1.807) is 18.2 Å². The average Bonchev–Trinajstić information content (AvgIpc) is 2.71. The molecular weight excluding hydrogens is 438 g/mol. The molecule has 0 aliphatic carbocycles. The first-order chi connectivity index (χ1) is 15.3. The lowest BCUT2D eigenvalue weighted by Crippen LogP contribution is -2.13. The topological polar surface area (TPSA) is 99.4 Å². The van der Waals surface area contributed by atoms with Crippen molar-refractivity contribution in [3.63, 3.8) is 0 Å². The van der Waals surface area contributed by atoms with Crippen LogP contribution in [0.15, 0.2) is 42.6 Å². The van der Waals surface area contributed by atoms with E-state index < -0.39 is 21.3 Å². The van der Waals surface area contributed by atoms with E-state index in [9.17, 15) is 13.0 Å². The number of ether oxygens (including phenoxy) is 2. The van der Waals surface area contributed by atoms with E-state index in [0.717, 1.165) is 6.20 Å². The molecule has 1 aromatic heterocycles. The number of nitrogens with zero attached hydrogens (tertiary/aromatic N) is 2. The fourth-order valence-corrected chi connectivity index (χ4v) is 3.93. The number of nitrogens with one attached hydrogen (secondary N) is 1. The second-order valence-electron chi connectivity index (χ2n) is 7.43. The van der Waals surface area contributed by atoms with Gasteiger partial charge in [-0.25, -0.2) is 18.7 Å². The second-order valence-corrected chi connectivity index (χ2v) is 9.60. The van der Waals surface area contributed by atoms with Crippen molar-refractivity contribution in [3.05, 3.63) is 59.8 Å². The molecule has 0 spiro atoms. The van der Waals surface area contributed by atoms with Crippen molar-refractivity contribution in [2.75, 3.05) is 24.8 Å². The lowest BCUT2D eigenvalue weighted by molar-refractivity contribution is 0.266. The number of halogens is 2. The molecule has 1 aliphatic rings. The molecule has 0 radical (unpaired) electrons. The van der Waals surface area contributed by atoms with E-state index in [-0.39, 0.29) is 17.4 Å². The van der Waals surface area contributed by atoms with Crippen LogP contribution in [0, 0.1) is 11.6 Å². The summed E-state index contributed by atoms with van der Waals surface area (Å²) in [7, 11) is -2.64. The number of benzene rings is 2. The Balaban J connectivity index is 1.81. The Bertz CT molecular complexity index is 1270. The van der Waals surface area contributed by atoms with Crippen molar-refractivity contribution < 1.29 is 22.5 Å². The first-order valence-electron chi connectivity index (χ1n) is 9.89. The maximum Gasteiger partial charge on any atom is 0.227 e. The van der Waals surface area contributed by atoms with Crippen molar-refractivity contribution in [2.45, 2.75) is 12.8 Å². The molecule has 0 saturated carbocycles. The highest BCUT2D eigenvalue weighted by Crippen LogP contribution is 2.32. The number of aromatic nitrogens is 2. The molecule has 0 saturated heterocycles. The zero-order chi connectivity index (χ0) is 22.7. The summed E-state index contributed by atoms with van der Waals surface area (Å²) in [5.74, 6) is -0.322. The summed E-state index contributed by atoms with van der Waals surface area (Å²) < 4.78 is 52.0. The second kappa shape index (κ2) is 9.09. The molecule has 4 bridgehead atoms. The Morgan fingerprint density at radius 3 is 2.69 bits per heavy atom. The third-order valence-electron chi connectivity index (χ3n) is 4.56. The van der Waals surface area contributed by atoms with Gasteiger partial charge >= 0.3 is 0 Å². The Labute approximate surface area is 184 Å². The maximum atomic E-state index is 14.6. The zero-order valence-corrected chi connectivity index (χ0v) is 18.1. The fourth-order valence-electron chi connectivity index (χ4n) is 3.25. The third kappa shape index (κ3) is 5.51. The molecule has 7 nitrogen and oxygen atoms in total. The molecule has 1 aliphatic heterocycles. The van der Waals surface area contributed by atoms with E-state index in [1.807, 2.05) is 0 Å². The number of hydrogen-bond donors (Lipinski definition) is 2. The summed E-state index contributed by atoms with van der Waals surface area (Å²) in [6, 6.07) is 9.02. The van der Waals surface area contributed by atoms with Crippen LogP contribution in [0.1, 0.15) is 18.4 Å². The van der Waals surface area contributed by atoms with Crippen LogP contribution in [0.4, 0.5) is 20.4 Å². The number of nitrogens with two attached hydrogens (primary N) is 1. The number of anilines is 2. The van der Waals surface area contributed by atoms with Crippen LogP contribution >= 0.6 is 0 Å². The molecule has 0 fully saturated rings. The molecule has 3 aromatic rings. The van der Waals surface area contributed by atoms with Crippen LogP contribution in [-0.2, 0) is 9.71 Å². The van der Waals surface area contributed by atoms with Crippen LogP contribution < -0.4 is 19.9 Å². The summed E-state index contributed by atoms with van der Waals surface area (Å²) >= 11 is 0. The van der Waals surface area contributed by atoms with Crippen molar-refractivity contribution in [3.8, 4) is 22.8 Å². The van der Waals surface area contributed by atoms with Crippen LogP contribution in [0.2, 0.25) is 0 Å². The highest BCUT2D eigenvalue weighted by atomic mass is 32.2. The first kappa shape index (κ1) is 22.0. The Kier molecular flexibility index (Phi) is 6.24. The standard InChI is InChI=1S/C22H22F2N4O3S/c1-32(25,29)13-14-8-16-11-17(9-14)30-6-2-3-7-31-20-10-15(23)4-5-18(20)21-19(24)12-26-22(27-16)28-21/h4-5,8-13H,2-3,6-7H2,1H3,(H2,25,29)(H,26,27,28). The van der Waals surface area contributed by atoms with Gasteiger partial charge in [0.2, 0.25) is 5.95 Å². The van der Waals surface area contributed by atoms with Gasteiger partial charge < -0.3 is 14.8 Å². The molecule has 1 atom stereocenters. The molecule has 0 amide bonds. The molecule has 3 N–H and O–H groups in total. The van der Waals surface area contributed by atoms with Crippen molar-refractivity contribution in [2.24, 2.45) is 5.14 Å². The molecule has 2 heterocycles. The van der Waals surface area contributed by atoms with Crippen LogP contribution in [0.3, 0.4) is 0 Å². The van der Waals surface area contributed by atoms with Crippen molar-refractivity contribution >= 4 is 26.7 Å². The number of hydrogen-bond acceptors (Lipinski definition) is 6. The van der Waals surface area contributed by atoms with Crippen LogP contribution in [0.5, 0.6) is 11.5 Å². The molecular formula is C22H22F2N4O3S. The Hall–Kier alpha value is -3.24. The van der Waals surface area contributed by atoms with Crippen LogP contribution in [0.25, 0.3) is 11.3 Å². The summed E-state index contributed by atoms with van der Waals surface area (Å²) in [6.45, 7) is 0.701. The average molecular weight is 461 g/mol. The highest BCUT2D eigenvalue weighted by Gasteiger charge is 2.16. The largest absolute Gasteiger partial charge is 0.493 e. The predicted octanol–water partition coefficient (Wildman–Crippen LogP) is 3.66. The first-order valence-corrected chi connectivity index (χ1v) is 12.0. The third-order valence-corrected chi connectivity index (χ3v) is 5.30. The molecule has 1 unspecified atom stereocenters. The van der Waals surface area contributed by atoms with E-state index in [0.29, 0.717) is 48.6 Å².